The van der Waals surface area contributed by atoms with Crippen LogP contribution in [0.25, 0.3) is 0 Å². The lowest BCUT2D eigenvalue weighted by molar-refractivity contribution is -0.140. The first kappa shape index (κ1) is 26.1. The van der Waals surface area contributed by atoms with E-state index in [1.807, 2.05) is 41.5 Å². The van der Waals surface area contributed by atoms with E-state index in [2.05, 4.69) is 10.6 Å². The average molecular weight is 398 g/mol. The van der Waals surface area contributed by atoms with Crippen LogP contribution in [0.4, 0.5) is 0 Å². The predicted octanol–water partition coefficient (Wildman–Crippen LogP) is 2.42. The molecule has 0 aromatic carbocycles. The van der Waals surface area contributed by atoms with Gasteiger partial charge in [0.2, 0.25) is 11.8 Å². The second-order valence-electron chi connectivity index (χ2n) is 8.07. The van der Waals surface area contributed by atoms with Gasteiger partial charge < -0.3 is 20.6 Å². The molecule has 2 amide bonds. The minimum Gasteiger partial charge on any atom is -0.478 e. The summed E-state index contributed by atoms with van der Waals surface area (Å²) >= 11 is 0. The molecule has 0 spiro atoms. The molecule has 0 saturated heterocycles. The fourth-order valence-electron chi connectivity index (χ4n) is 3.28. The van der Waals surface area contributed by atoms with Gasteiger partial charge in [-0.1, -0.05) is 47.6 Å². The highest BCUT2D eigenvalue weighted by Crippen LogP contribution is 2.19. The van der Waals surface area contributed by atoms with Crippen LogP contribution in [0, 0.1) is 11.8 Å². The van der Waals surface area contributed by atoms with Gasteiger partial charge in [-0.25, -0.2) is 4.79 Å². The number of aliphatic carboxylic acids is 1. The second kappa shape index (κ2) is 11.2. The summed E-state index contributed by atoms with van der Waals surface area (Å²) in [6, 6.07) is -1.07. The van der Waals surface area contributed by atoms with Crippen molar-refractivity contribution >= 4 is 17.8 Å². The normalized spacial score (nSPS) is 14.8. The minimum atomic E-state index is -1.01. The number of carbonyl (C=O) groups excluding carboxylic acids is 2. The van der Waals surface area contributed by atoms with Crippen LogP contribution in [-0.2, 0) is 14.4 Å². The monoisotopic (exact) mass is 397 g/mol. The van der Waals surface area contributed by atoms with Gasteiger partial charge in [-0.05, 0) is 38.6 Å². The summed E-state index contributed by atoms with van der Waals surface area (Å²) in [7, 11) is 3.41. The lowest BCUT2D eigenvalue weighted by atomic mass is 9.90. The van der Waals surface area contributed by atoms with Gasteiger partial charge in [0.1, 0.15) is 6.04 Å². The average Bonchev–Trinajstić information content (AvgIpc) is 2.63. The molecule has 162 valence electrons. The molecule has 28 heavy (non-hydrogen) atoms. The molecular weight excluding hydrogens is 358 g/mol. The molecule has 0 aromatic heterocycles. The van der Waals surface area contributed by atoms with Crippen LogP contribution in [0.1, 0.15) is 61.3 Å². The highest BCUT2D eigenvalue weighted by Gasteiger charge is 2.38. The van der Waals surface area contributed by atoms with Gasteiger partial charge in [0.25, 0.3) is 0 Å². The van der Waals surface area contributed by atoms with Crippen molar-refractivity contribution in [1.29, 1.82) is 0 Å². The van der Waals surface area contributed by atoms with Crippen molar-refractivity contribution < 1.29 is 19.5 Å². The zero-order valence-corrected chi connectivity index (χ0v) is 18.9. The van der Waals surface area contributed by atoms with E-state index in [9.17, 15) is 19.5 Å². The van der Waals surface area contributed by atoms with Gasteiger partial charge in [-0.3, -0.25) is 9.59 Å². The number of hydrogen-bond acceptors (Lipinski definition) is 4. The Labute approximate surface area is 169 Å². The summed E-state index contributed by atoms with van der Waals surface area (Å²) < 4.78 is 0. The standard InChI is InChI=1S/C21H39N3O4/c1-10-21(11-2,22-8)20(28)23-17(14(5)6)18(25)24(9)16(13(3)4)12-15(7)19(26)27/h12-14,16-17,22H,10-11H2,1-9H3,(H,23,28)(H,26,27)/b15-12+. The summed E-state index contributed by atoms with van der Waals surface area (Å²) in [5.74, 6) is -1.52. The Bertz CT molecular complexity index is 572. The SMILES string of the molecule is CCC(CC)(NC)C(=O)NC(C(=O)N(C)C(/C=C(\C)C(=O)O)C(C)C)C(C)C. The molecule has 0 fully saturated rings. The molecule has 0 aliphatic heterocycles. The van der Waals surface area contributed by atoms with Crippen LogP contribution in [0.15, 0.2) is 11.6 Å². The van der Waals surface area contributed by atoms with E-state index in [0.717, 1.165) is 0 Å². The maximum absolute atomic E-state index is 13.2. The van der Waals surface area contributed by atoms with Gasteiger partial charge in [0, 0.05) is 12.6 Å². The van der Waals surface area contributed by atoms with E-state index < -0.39 is 17.6 Å². The molecule has 7 heteroatoms. The van der Waals surface area contributed by atoms with Crippen molar-refractivity contribution in [3.63, 3.8) is 0 Å². The van der Waals surface area contributed by atoms with Crippen LogP contribution in [0.2, 0.25) is 0 Å². The third-order valence-corrected chi connectivity index (χ3v) is 5.58. The predicted molar refractivity (Wildman–Crippen MR) is 112 cm³/mol. The first-order valence-electron chi connectivity index (χ1n) is 10.1. The van der Waals surface area contributed by atoms with Crippen molar-refractivity contribution in [2.45, 2.75) is 78.9 Å². The highest BCUT2D eigenvalue weighted by molar-refractivity contribution is 5.92. The second-order valence-corrected chi connectivity index (χ2v) is 8.07. The van der Waals surface area contributed by atoms with E-state index in [-0.39, 0.29) is 35.3 Å². The number of likely N-dealkylation sites (N-methyl/N-ethyl adjacent to an activating group) is 2. The Kier molecular flexibility index (Phi) is 10.4. The van der Waals surface area contributed by atoms with Gasteiger partial charge in [-0.15, -0.1) is 0 Å². The molecule has 0 bridgehead atoms. The summed E-state index contributed by atoms with van der Waals surface area (Å²) in [6.45, 7) is 13.0. The number of nitrogens with one attached hydrogen (secondary N) is 2. The zero-order valence-electron chi connectivity index (χ0n) is 18.9. The Balaban J connectivity index is 5.73. The number of carboxylic acid groups (broad SMARTS) is 1. The molecule has 0 aliphatic carbocycles. The molecule has 0 aliphatic rings. The van der Waals surface area contributed by atoms with Crippen molar-refractivity contribution in [1.82, 2.24) is 15.5 Å². The van der Waals surface area contributed by atoms with Crippen LogP contribution < -0.4 is 10.6 Å². The van der Waals surface area contributed by atoms with E-state index in [0.29, 0.717) is 12.8 Å². The van der Waals surface area contributed by atoms with Gasteiger partial charge in [0.05, 0.1) is 11.6 Å². The fraction of sp³-hybridized carbons (Fsp3) is 0.762. The third kappa shape index (κ3) is 6.33. The molecule has 2 atom stereocenters. The molecule has 0 radical (unpaired) electrons. The number of nitrogens with zero attached hydrogens (tertiary/aromatic N) is 1. The van der Waals surface area contributed by atoms with Crippen molar-refractivity contribution in [2.75, 3.05) is 14.1 Å². The smallest absolute Gasteiger partial charge is 0.331 e. The summed E-state index contributed by atoms with van der Waals surface area (Å²) in [5.41, 5.74) is -0.530. The first-order valence-corrected chi connectivity index (χ1v) is 10.1. The fourth-order valence-corrected chi connectivity index (χ4v) is 3.28. The van der Waals surface area contributed by atoms with Crippen molar-refractivity contribution in [2.24, 2.45) is 11.8 Å². The van der Waals surface area contributed by atoms with Gasteiger partial charge in [-0.2, -0.15) is 0 Å². The van der Waals surface area contributed by atoms with Crippen molar-refractivity contribution in [3.05, 3.63) is 11.6 Å². The molecule has 0 heterocycles. The van der Waals surface area contributed by atoms with Crippen LogP contribution >= 0.6 is 0 Å². The lowest BCUT2D eigenvalue weighted by Gasteiger charge is -2.36. The minimum absolute atomic E-state index is 0.0226. The number of hydrogen-bond donors (Lipinski definition) is 3. The summed E-state index contributed by atoms with van der Waals surface area (Å²) in [4.78, 5) is 38.9. The Morgan fingerprint density at radius 2 is 1.57 bits per heavy atom. The number of carboxylic acids is 1. The van der Waals surface area contributed by atoms with Crippen LogP contribution in [0.3, 0.4) is 0 Å². The molecule has 0 aromatic rings. The van der Waals surface area contributed by atoms with Crippen LogP contribution in [0.5, 0.6) is 0 Å². The summed E-state index contributed by atoms with van der Waals surface area (Å²) in [6.07, 6.45) is 2.81. The molecular formula is C21H39N3O4. The van der Waals surface area contributed by atoms with Crippen molar-refractivity contribution in [3.8, 4) is 0 Å². The third-order valence-electron chi connectivity index (χ3n) is 5.58. The first-order chi connectivity index (χ1) is 12.9. The largest absolute Gasteiger partial charge is 0.478 e. The topological polar surface area (TPSA) is 98.7 Å². The Hall–Kier alpha value is -1.89. The highest BCUT2D eigenvalue weighted by atomic mass is 16.4. The van der Waals surface area contributed by atoms with E-state index in [1.165, 1.54) is 6.92 Å². The molecule has 0 rings (SSSR count). The van der Waals surface area contributed by atoms with Crippen LogP contribution in [-0.4, -0.2) is 59.5 Å². The Morgan fingerprint density at radius 1 is 1.07 bits per heavy atom. The van der Waals surface area contributed by atoms with E-state index >= 15 is 0 Å². The molecule has 2 unspecified atom stereocenters. The summed E-state index contributed by atoms with van der Waals surface area (Å²) in [5, 5.41) is 15.2. The quantitative estimate of drug-likeness (QED) is 0.465. The van der Waals surface area contributed by atoms with E-state index in [1.54, 1.807) is 25.1 Å². The maximum atomic E-state index is 13.2. The number of amides is 2. The molecule has 7 nitrogen and oxygen atoms in total. The van der Waals surface area contributed by atoms with Gasteiger partial charge >= 0.3 is 5.97 Å². The van der Waals surface area contributed by atoms with E-state index in [4.69, 9.17) is 0 Å². The molecule has 3 N–H and O–H groups in total. The maximum Gasteiger partial charge on any atom is 0.331 e. The number of carbonyl (C=O) groups is 3. The Morgan fingerprint density at radius 3 is 1.89 bits per heavy atom. The lowest BCUT2D eigenvalue weighted by Crippen LogP contribution is -2.61. The van der Waals surface area contributed by atoms with Gasteiger partial charge in [0.15, 0.2) is 0 Å². The zero-order chi connectivity index (χ0) is 22.2. The molecule has 0 saturated carbocycles. The number of rotatable bonds is 11.